The molecule has 1 aromatic heterocycles. The second-order valence-electron chi connectivity index (χ2n) is 6.03. The summed E-state index contributed by atoms with van der Waals surface area (Å²) in [6.07, 6.45) is 4.48. The molecule has 0 bridgehead atoms. The van der Waals surface area contributed by atoms with Crippen molar-refractivity contribution in [1.29, 1.82) is 0 Å². The lowest BCUT2D eigenvalue weighted by Gasteiger charge is -2.46. The van der Waals surface area contributed by atoms with Gasteiger partial charge in [0.1, 0.15) is 11.3 Å². The van der Waals surface area contributed by atoms with Gasteiger partial charge in [0.2, 0.25) is 5.91 Å². The van der Waals surface area contributed by atoms with Crippen molar-refractivity contribution >= 4 is 5.91 Å². The number of likely N-dealkylation sites (N-methyl/N-ethyl adjacent to an activating group) is 1. The van der Waals surface area contributed by atoms with Crippen molar-refractivity contribution in [2.24, 2.45) is 0 Å². The Kier molecular flexibility index (Phi) is 3.87. The molecule has 0 N–H and O–H groups in total. The Labute approximate surface area is 125 Å². The molecule has 1 unspecified atom stereocenters. The van der Waals surface area contributed by atoms with Gasteiger partial charge in [0.05, 0.1) is 12.8 Å². The van der Waals surface area contributed by atoms with Crippen molar-refractivity contribution in [3.63, 3.8) is 0 Å². The van der Waals surface area contributed by atoms with Crippen LogP contribution in [0.2, 0.25) is 0 Å². The lowest BCUT2D eigenvalue weighted by molar-refractivity contribution is -0.148. The van der Waals surface area contributed by atoms with E-state index in [0.29, 0.717) is 0 Å². The van der Waals surface area contributed by atoms with Crippen LogP contribution in [0.25, 0.3) is 0 Å². The number of hydrogen-bond acceptors (Lipinski definition) is 4. The van der Waals surface area contributed by atoms with Gasteiger partial charge in [-0.3, -0.25) is 14.6 Å². The topological polar surface area (TPSA) is 39.9 Å². The van der Waals surface area contributed by atoms with E-state index in [1.807, 2.05) is 30.2 Å². The first-order chi connectivity index (χ1) is 10.2. The van der Waals surface area contributed by atoms with Crippen LogP contribution in [-0.4, -0.2) is 65.9 Å². The van der Waals surface area contributed by atoms with Crippen molar-refractivity contribution in [2.75, 3.05) is 39.8 Å². The minimum atomic E-state index is -0.381. The summed E-state index contributed by atoms with van der Waals surface area (Å²) in [5.41, 5.74) is -0.381. The summed E-state index contributed by atoms with van der Waals surface area (Å²) in [5, 5.41) is 0. The summed E-state index contributed by atoms with van der Waals surface area (Å²) >= 11 is 0. The molecule has 1 amide bonds. The number of amides is 1. The minimum absolute atomic E-state index is 0.248. The maximum Gasteiger partial charge on any atom is 0.244 e. The molecule has 3 rings (SSSR count). The van der Waals surface area contributed by atoms with Crippen molar-refractivity contribution in [2.45, 2.75) is 18.5 Å². The highest BCUT2D eigenvalue weighted by molar-refractivity contribution is 5.87. The molecule has 0 radical (unpaired) electrons. The van der Waals surface area contributed by atoms with Gasteiger partial charge in [0.25, 0.3) is 0 Å². The average molecular weight is 289 g/mol. The van der Waals surface area contributed by atoms with Crippen LogP contribution in [0.3, 0.4) is 0 Å². The molecule has 21 heavy (non-hydrogen) atoms. The standard InChI is InChI=1S/C16H23N3O2/c1-3-7-19-10-9-17(2)15(20)16(19)6-8-18(13-16)12-14-5-4-11-21-14/h3-5,11H,1,6-10,12-13H2,2H3. The van der Waals surface area contributed by atoms with Crippen LogP contribution in [0.1, 0.15) is 12.2 Å². The van der Waals surface area contributed by atoms with E-state index in [1.54, 1.807) is 6.26 Å². The minimum Gasteiger partial charge on any atom is -0.468 e. The first kappa shape index (κ1) is 14.4. The lowest BCUT2D eigenvalue weighted by Crippen LogP contribution is -2.66. The first-order valence-corrected chi connectivity index (χ1v) is 7.52. The van der Waals surface area contributed by atoms with Crippen LogP contribution in [0.15, 0.2) is 35.5 Å². The maximum atomic E-state index is 12.8. The fraction of sp³-hybridized carbons (Fsp3) is 0.562. The predicted octanol–water partition coefficient (Wildman–Crippen LogP) is 1.18. The molecule has 2 fully saturated rings. The van der Waals surface area contributed by atoms with Gasteiger partial charge in [0, 0.05) is 39.8 Å². The Morgan fingerprint density at radius 3 is 3.00 bits per heavy atom. The van der Waals surface area contributed by atoms with E-state index in [4.69, 9.17) is 4.42 Å². The molecule has 5 heteroatoms. The van der Waals surface area contributed by atoms with Gasteiger partial charge in [-0.25, -0.2) is 0 Å². The van der Waals surface area contributed by atoms with Crippen molar-refractivity contribution in [3.8, 4) is 0 Å². The predicted molar refractivity (Wildman–Crippen MR) is 80.7 cm³/mol. The summed E-state index contributed by atoms with van der Waals surface area (Å²) in [6.45, 7) is 8.79. The summed E-state index contributed by atoms with van der Waals surface area (Å²) in [4.78, 5) is 19.3. The number of likely N-dealkylation sites (tertiary alicyclic amines) is 1. The lowest BCUT2D eigenvalue weighted by atomic mass is 9.91. The highest BCUT2D eigenvalue weighted by Gasteiger charge is 2.51. The van der Waals surface area contributed by atoms with E-state index < -0.39 is 0 Å². The highest BCUT2D eigenvalue weighted by Crippen LogP contribution is 2.33. The van der Waals surface area contributed by atoms with Crippen LogP contribution in [0.5, 0.6) is 0 Å². The third-order valence-corrected chi connectivity index (χ3v) is 4.69. The summed E-state index contributed by atoms with van der Waals surface area (Å²) in [7, 11) is 1.91. The molecule has 0 aliphatic carbocycles. The van der Waals surface area contributed by atoms with Gasteiger partial charge < -0.3 is 9.32 Å². The molecule has 2 aliphatic heterocycles. The first-order valence-electron chi connectivity index (χ1n) is 7.52. The van der Waals surface area contributed by atoms with Gasteiger partial charge in [-0.05, 0) is 18.6 Å². The van der Waals surface area contributed by atoms with Gasteiger partial charge in [-0.2, -0.15) is 0 Å². The molecule has 1 atom stereocenters. The van der Waals surface area contributed by atoms with Crippen LogP contribution < -0.4 is 0 Å². The summed E-state index contributed by atoms with van der Waals surface area (Å²) in [6, 6.07) is 3.89. The van der Waals surface area contributed by atoms with Crippen molar-refractivity contribution in [3.05, 3.63) is 36.8 Å². The Bertz CT molecular complexity index is 514. The normalized spacial score (nSPS) is 27.7. The van der Waals surface area contributed by atoms with E-state index in [0.717, 1.165) is 51.4 Å². The average Bonchev–Trinajstić information content (AvgIpc) is 3.12. The Morgan fingerprint density at radius 2 is 2.29 bits per heavy atom. The number of nitrogens with zero attached hydrogens (tertiary/aromatic N) is 3. The Morgan fingerprint density at radius 1 is 1.43 bits per heavy atom. The van der Waals surface area contributed by atoms with Gasteiger partial charge in [-0.15, -0.1) is 6.58 Å². The summed E-state index contributed by atoms with van der Waals surface area (Å²) in [5.74, 6) is 1.21. The zero-order valence-electron chi connectivity index (χ0n) is 12.6. The van der Waals surface area contributed by atoms with E-state index in [1.165, 1.54) is 0 Å². The molecule has 1 aromatic rings. The van der Waals surface area contributed by atoms with Gasteiger partial charge in [-0.1, -0.05) is 6.08 Å². The quantitative estimate of drug-likeness (QED) is 0.781. The Hall–Kier alpha value is -1.59. The molecule has 0 aromatic carbocycles. The fourth-order valence-corrected chi connectivity index (χ4v) is 3.56. The van der Waals surface area contributed by atoms with Gasteiger partial charge in [0.15, 0.2) is 0 Å². The molecule has 3 heterocycles. The fourth-order valence-electron chi connectivity index (χ4n) is 3.56. The number of carbonyl (C=O) groups is 1. The number of furan rings is 1. The van der Waals surface area contributed by atoms with E-state index in [9.17, 15) is 4.79 Å². The van der Waals surface area contributed by atoms with Gasteiger partial charge >= 0.3 is 0 Å². The molecule has 2 aliphatic rings. The van der Waals surface area contributed by atoms with Crippen LogP contribution in [0, 0.1) is 0 Å². The van der Waals surface area contributed by atoms with E-state index in [2.05, 4.69) is 16.4 Å². The number of hydrogen-bond donors (Lipinski definition) is 0. The molecule has 5 nitrogen and oxygen atoms in total. The maximum absolute atomic E-state index is 12.8. The monoisotopic (exact) mass is 289 g/mol. The third-order valence-electron chi connectivity index (χ3n) is 4.69. The molecular weight excluding hydrogens is 266 g/mol. The zero-order valence-corrected chi connectivity index (χ0v) is 12.6. The summed E-state index contributed by atoms with van der Waals surface area (Å²) < 4.78 is 5.43. The van der Waals surface area contributed by atoms with Crippen molar-refractivity contribution < 1.29 is 9.21 Å². The highest BCUT2D eigenvalue weighted by atomic mass is 16.3. The molecule has 114 valence electrons. The van der Waals surface area contributed by atoms with Crippen LogP contribution in [-0.2, 0) is 11.3 Å². The molecule has 0 saturated carbocycles. The van der Waals surface area contributed by atoms with E-state index in [-0.39, 0.29) is 11.4 Å². The SMILES string of the molecule is C=CCN1CCN(C)C(=O)C12CCN(Cc1ccco1)C2. The van der Waals surface area contributed by atoms with Crippen LogP contribution >= 0.6 is 0 Å². The Balaban J connectivity index is 1.77. The molecule has 2 saturated heterocycles. The number of carbonyl (C=O) groups excluding carboxylic acids is 1. The molecular formula is C16H23N3O2. The number of piperazine rings is 1. The smallest absolute Gasteiger partial charge is 0.244 e. The zero-order chi connectivity index (χ0) is 14.9. The second kappa shape index (κ2) is 5.66. The second-order valence-corrected chi connectivity index (χ2v) is 6.03. The third kappa shape index (κ3) is 2.51. The molecule has 1 spiro atoms. The van der Waals surface area contributed by atoms with Crippen molar-refractivity contribution in [1.82, 2.24) is 14.7 Å². The van der Waals surface area contributed by atoms with E-state index >= 15 is 0 Å². The largest absolute Gasteiger partial charge is 0.468 e. The number of rotatable bonds is 4. The van der Waals surface area contributed by atoms with Crippen LogP contribution in [0.4, 0.5) is 0 Å².